The van der Waals surface area contributed by atoms with E-state index in [0.29, 0.717) is 0 Å². The number of halogens is 2. The van der Waals surface area contributed by atoms with Gasteiger partial charge in [-0.3, -0.25) is 6.08 Å². The number of unbranched alkanes of at least 4 members (excludes halogenated alkanes) is 2. The van der Waals surface area contributed by atoms with Gasteiger partial charge in [0.1, 0.15) is 0 Å². The molecule has 0 N–H and O–H groups in total. The molecule has 0 heterocycles. The van der Waals surface area contributed by atoms with Crippen molar-refractivity contribution in [3.63, 3.8) is 0 Å². The first-order valence-corrected chi connectivity index (χ1v) is 15.1. The van der Waals surface area contributed by atoms with E-state index in [1.54, 1.807) is 27.4 Å². The van der Waals surface area contributed by atoms with E-state index < -0.39 is 0 Å². The Bertz CT molecular complexity index is 1080. The largest absolute Gasteiger partial charge is 1.00 e. The molecule has 1 aliphatic carbocycles. The predicted molar refractivity (Wildman–Crippen MR) is 160 cm³/mol. The summed E-state index contributed by atoms with van der Waals surface area (Å²) >= 11 is 1.67. The molecule has 38 heavy (non-hydrogen) atoms. The van der Waals surface area contributed by atoms with Crippen LogP contribution in [0.4, 0.5) is 0 Å². The summed E-state index contributed by atoms with van der Waals surface area (Å²) in [4.78, 5) is 0. The number of hydrogen-bond donors (Lipinski definition) is 0. The topological polar surface area (TPSA) is 0 Å². The number of benzene rings is 2. The molecule has 0 bridgehead atoms. The van der Waals surface area contributed by atoms with Crippen LogP contribution in [-0.4, -0.2) is 3.21 Å². The van der Waals surface area contributed by atoms with Crippen molar-refractivity contribution < 1.29 is 49.0 Å². The second-order valence-electron chi connectivity index (χ2n) is 12.1. The smallest absolute Gasteiger partial charge is 0.109 e. The van der Waals surface area contributed by atoms with Crippen molar-refractivity contribution in [2.75, 3.05) is 0 Å². The van der Waals surface area contributed by atoms with Crippen molar-refractivity contribution in [1.29, 1.82) is 0 Å². The Morgan fingerprint density at radius 3 is 1.53 bits per heavy atom. The third-order valence-corrected chi connectivity index (χ3v) is 7.92. The van der Waals surface area contributed by atoms with E-state index in [0.717, 1.165) is 6.42 Å². The van der Waals surface area contributed by atoms with E-state index in [9.17, 15) is 0 Å². The van der Waals surface area contributed by atoms with Crippen LogP contribution in [0.25, 0.3) is 21.5 Å². The molecule has 0 unspecified atom stereocenters. The Kier molecular flexibility index (Phi) is 17.3. The van der Waals surface area contributed by atoms with Crippen LogP contribution in [0.5, 0.6) is 0 Å². The maximum Gasteiger partial charge on any atom is -0.109 e. The van der Waals surface area contributed by atoms with Crippen LogP contribution in [0.15, 0.2) is 60.7 Å². The third-order valence-electron chi connectivity index (χ3n) is 6.69. The first-order chi connectivity index (χ1) is 17.0. The summed E-state index contributed by atoms with van der Waals surface area (Å²) in [5, 5.41) is 5.49. The monoisotopic (exact) mass is 628 g/mol. The van der Waals surface area contributed by atoms with Crippen LogP contribution in [0.2, 0.25) is 0 Å². The molecule has 3 aromatic rings. The molecule has 0 radical (unpaired) electrons. The van der Waals surface area contributed by atoms with Gasteiger partial charge in [0.05, 0.1) is 0 Å². The van der Waals surface area contributed by atoms with Gasteiger partial charge in [-0.05, 0) is 10.8 Å². The number of hydrogen-bond acceptors (Lipinski definition) is 0. The fraction of sp³-hybridized carbons (Fsp3) is 0.486. The molecule has 0 aromatic heterocycles. The molecular weight excluding hydrogens is 583 g/mol. The molecule has 0 fully saturated rings. The van der Waals surface area contributed by atoms with Crippen LogP contribution in [0.3, 0.4) is 0 Å². The van der Waals surface area contributed by atoms with Gasteiger partial charge >= 0.3 is 79.8 Å². The molecule has 3 heteroatoms. The van der Waals surface area contributed by atoms with Crippen molar-refractivity contribution in [2.45, 2.75) is 111 Å². The first kappa shape index (κ1) is 37.1. The van der Waals surface area contributed by atoms with Crippen LogP contribution < -0.4 is 24.8 Å². The predicted octanol–water partition coefficient (Wildman–Crippen LogP) is 4.71. The molecule has 4 rings (SSSR count). The van der Waals surface area contributed by atoms with Crippen molar-refractivity contribution in [3.8, 4) is 0 Å². The maximum absolute atomic E-state index is 2.99. The summed E-state index contributed by atoms with van der Waals surface area (Å²) in [7, 11) is 0. The van der Waals surface area contributed by atoms with Crippen molar-refractivity contribution >= 4 is 24.8 Å². The Hall–Kier alpha value is -0.877. The Labute approximate surface area is 261 Å². The molecule has 0 spiro atoms. The molecule has 0 amide bonds. The number of allylic oxidation sites excluding steroid dienone is 4. The quantitative estimate of drug-likeness (QED) is 0.347. The second-order valence-corrected chi connectivity index (χ2v) is 13.8. The normalized spacial score (nSPS) is 12.3. The van der Waals surface area contributed by atoms with Crippen molar-refractivity contribution in [3.05, 3.63) is 77.9 Å². The van der Waals surface area contributed by atoms with Gasteiger partial charge in [0.15, 0.2) is 0 Å². The van der Waals surface area contributed by atoms with Crippen LogP contribution in [-0.2, 0) is 35.1 Å². The average Bonchev–Trinajstić information content (AvgIpc) is 3.51. The van der Waals surface area contributed by atoms with E-state index >= 15 is 0 Å². The van der Waals surface area contributed by atoms with E-state index in [2.05, 4.69) is 110 Å². The molecule has 0 saturated heterocycles. The van der Waals surface area contributed by atoms with Gasteiger partial charge in [0, 0.05) is 0 Å². The Morgan fingerprint density at radius 2 is 1.24 bits per heavy atom. The minimum Gasteiger partial charge on any atom is -1.00 e. The summed E-state index contributed by atoms with van der Waals surface area (Å²) in [6.45, 7) is 18.2. The Morgan fingerprint density at radius 1 is 0.789 bits per heavy atom. The average molecular weight is 631 g/mol. The van der Waals surface area contributed by atoms with E-state index in [4.69, 9.17) is 0 Å². The van der Waals surface area contributed by atoms with Gasteiger partial charge < -0.3 is 24.8 Å². The fourth-order valence-electron chi connectivity index (χ4n) is 4.18. The molecule has 0 aliphatic heterocycles. The summed E-state index contributed by atoms with van der Waals surface area (Å²) in [6, 6.07) is 16.1. The van der Waals surface area contributed by atoms with E-state index in [-0.39, 0.29) is 35.6 Å². The van der Waals surface area contributed by atoms with Crippen LogP contribution in [0.1, 0.15) is 111 Å². The molecule has 3 aromatic carbocycles. The molecule has 0 atom stereocenters. The van der Waals surface area contributed by atoms with Gasteiger partial charge in [-0.15, -0.1) is 46.2 Å². The second kappa shape index (κ2) is 17.7. The number of rotatable bonds is 6. The molecular formula is C35H48Cl2Zr-2. The van der Waals surface area contributed by atoms with Crippen molar-refractivity contribution in [2.24, 2.45) is 0 Å². The minimum absolute atomic E-state index is 0. The number of fused-ring (bicyclic) bond motifs is 3. The zero-order valence-corrected chi connectivity index (χ0v) is 28.9. The van der Waals surface area contributed by atoms with Gasteiger partial charge in [0.25, 0.3) is 0 Å². The van der Waals surface area contributed by atoms with Gasteiger partial charge in [-0.2, -0.15) is 6.08 Å². The maximum atomic E-state index is 2.99. The molecule has 1 aliphatic rings. The zero-order chi connectivity index (χ0) is 26.8. The van der Waals surface area contributed by atoms with Gasteiger partial charge in [-0.25, -0.2) is 12.2 Å². The molecule has 208 valence electrons. The van der Waals surface area contributed by atoms with Gasteiger partial charge in [-0.1, -0.05) is 76.9 Å². The Balaban J connectivity index is 0.000000676. The zero-order valence-electron chi connectivity index (χ0n) is 25.0. The van der Waals surface area contributed by atoms with Crippen molar-refractivity contribution in [1.82, 2.24) is 0 Å². The summed E-state index contributed by atoms with van der Waals surface area (Å²) in [5.74, 6) is 0. The van der Waals surface area contributed by atoms with Crippen LogP contribution >= 0.6 is 0 Å². The SMILES string of the molecule is CC(C)(C)c1ccc2[cH-]c3ccc(C(C)(C)C)cc3c2c1.CCCC[C](=[Zr+2])CCCC.[C-]1=CC=CC1.[Cl-].[Cl-]. The van der Waals surface area contributed by atoms with E-state index in [1.807, 2.05) is 12.2 Å². The first-order valence-electron chi connectivity index (χ1n) is 13.9. The van der Waals surface area contributed by atoms with E-state index in [1.165, 1.54) is 71.2 Å². The van der Waals surface area contributed by atoms with Crippen LogP contribution in [0, 0.1) is 6.08 Å². The van der Waals surface area contributed by atoms with Gasteiger partial charge in [0.2, 0.25) is 0 Å². The summed E-state index contributed by atoms with van der Waals surface area (Å²) in [5.41, 5.74) is 3.20. The third kappa shape index (κ3) is 12.1. The molecule has 0 nitrogen and oxygen atoms in total. The summed E-state index contributed by atoms with van der Waals surface area (Å²) in [6.07, 6.45) is 18.3. The molecule has 0 saturated carbocycles. The standard InChI is InChI=1S/C21H25.C9H18.C5H5.2ClH.Zr/c1-20(2,3)16-9-7-14-11-15-8-10-17(21(4,5)6)13-19(15)18(14)12-16;1-3-5-7-9-8-6-4-2;1-2-4-5-3-1;;;/h7-13H,1-6H3;3-8H2,1-2H3;1-3H,4H2;2*1H;/q-1;;-1;;;+2/p-2. The summed E-state index contributed by atoms with van der Waals surface area (Å²) < 4.78 is 1.79. The fourth-order valence-corrected chi connectivity index (χ4v) is 5.05. The minimum atomic E-state index is 0.